The molecule has 0 unspecified atom stereocenters. The van der Waals surface area contributed by atoms with E-state index in [4.69, 9.17) is 10.5 Å². The maximum atomic E-state index is 12.3. The van der Waals surface area contributed by atoms with Gasteiger partial charge in [-0.25, -0.2) is 0 Å². The highest BCUT2D eigenvalue weighted by Crippen LogP contribution is 2.20. The average Bonchev–Trinajstić information content (AvgIpc) is 2.46. The van der Waals surface area contributed by atoms with E-state index in [-0.39, 0.29) is 5.91 Å². The van der Waals surface area contributed by atoms with Gasteiger partial charge in [-0.3, -0.25) is 4.79 Å². The lowest BCUT2D eigenvalue weighted by Crippen LogP contribution is -2.32. The molecule has 2 rings (SSSR count). The summed E-state index contributed by atoms with van der Waals surface area (Å²) in [7, 11) is 0. The van der Waals surface area contributed by atoms with E-state index < -0.39 is 6.10 Å². The number of nitrogens with two attached hydrogens (primary N) is 1. The number of carbonyl (C=O) groups is 1. The van der Waals surface area contributed by atoms with E-state index in [0.29, 0.717) is 17.8 Å². The minimum atomic E-state index is -0.535. The molecule has 4 nitrogen and oxygen atoms in total. The monoisotopic (exact) mass is 284 g/mol. The maximum Gasteiger partial charge on any atom is 0.265 e. The van der Waals surface area contributed by atoms with Gasteiger partial charge in [0.05, 0.1) is 0 Å². The molecule has 21 heavy (non-hydrogen) atoms. The van der Waals surface area contributed by atoms with Crippen molar-refractivity contribution in [1.82, 2.24) is 0 Å². The van der Waals surface area contributed by atoms with Gasteiger partial charge in [-0.15, -0.1) is 0 Å². The second kappa shape index (κ2) is 6.79. The molecule has 3 N–H and O–H groups in total. The van der Waals surface area contributed by atoms with E-state index in [1.54, 1.807) is 24.3 Å². The van der Waals surface area contributed by atoms with Gasteiger partial charge in [-0.2, -0.15) is 0 Å². The first-order valence-electron chi connectivity index (χ1n) is 6.99. The molecule has 0 aliphatic heterocycles. The topological polar surface area (TPSA) is 64.3 Å². The van der Waals surface area contributed by atoms with Crippen LogP contribution >= 0.6 is 0 Å². The van der Waals surface area contributed by atoms with Crippen LogP contribution in [0.5, 0.6) is 5.75 Å². The molecule has 0 saturated carbocycles. The van der Waals surface area contributed by atoms with Crippen LogP contribution in [0.2, 0.25) is 0 Å². The number of carbonyl (C=O) groups excluding carboxylic acids is 1. The number of amides is 1. The Morgan fingerprint density at radius 3 is 2.67 bits per heavy atom. The molecule has 0 aromatic heterocycles. The minimum Gasteiger partial charge on any atom is -0.480 e. The summed E-state index contributed by atoms with van der Waals surface area (Å²) in [5.74, 6) is 0.554. The number of nitrogen functional groups attached to an aromatic ring is 1. The van der Waals surface area contributed by atoms with Gasteiger partial charge >= 0.3 is 0 Å². The minimum absolute atomic E-state index is 0.175. The molecular weight excluding hydrogens is 264 g/mol. The summed E-state index contributed by atoms with van der Waals surface area (Å²) >= 11 is 0. The van der Waals surface area contributed by atoms with Crippen LogP contribution in [0.15, 0.2) is 48.5 Å². The molecule has 110 valence electrons. The number of benzene rings is 2. The SMILES string of the molecule is CC[C@@H](Oc1ccccc1C)C(=O)Nc1cccc(N)c1. The third-order valence-corrected chi connectivity index (χ3v) is 3.18. The van der Waals surface area contributed by atoms with Crippen molar-refractivity contribution in [3.05, 3.63) is 54.1 Å². The second-order valence-electron chi connectivity index (χ2n) is 4.89. The summed E-state index contributed by atoms with van der Waals surface area (Å²) in [4.78, 5) is 12.3. The van der Waals surface area contributed by atoms with E-state index in [9.17, 15) is 4.79 Å². The molecular formula is C17H20N2O2. The zero-order valence-electron chi connectivity index (χ0n) is 12.3. The van der Waals surface area contributed by atoms with Gasteiger partial charge in [0.25, 0.3) is 5.91 Å². The van der Waals surface area contributed by atoms with Crippen LogP contribution < -0.4 is 15.8 Å². The summed E-state index contributed by atoms with van der Waals surface area (Å²) in [6.07, 6.45) is 0.0511. The van der Waals surface area contributed by atoms with Gasteiger partial charge in [-0.05, 0) is 43.2 Å². The molecule has 0 aliphatic carbocycles. The van der Waals surface area contributed by atoms with E-state index in [1.165, 1.54) is 0 Å². The molecule has 0 saturated heterocycles. The summed E-state index contributed by atoms with van der Waals surface area (Å²) in [5, 5.41) is 2.83. The summed E-state index contributed by atoms with van der Waals surface area (Å²) in [6, 6.07) is 14.8. The van der Waals surface area contributed by atoms with Crippen molar-refractivity contribution < 1.29 is 9.53 Å². The Morgan fingerprint density at radius 1 is 1.24 bits per heavy atom. The lowest BCUT2D eigenvalue weighted by atomic mass is 10.2. The number of para-hydroxylation sites is 1. The van der Waals surface area contributed by atoms with Gasteiger partial charge in [0.15, 0.2) is 6.10 Å². The highest BCUT2D eigenvalue weighted by atomic mass is 16.5. The second-order valence-corrected chi connectivity index (χ2v) is 4.89. The lowest BCUT2D eigenvalue weighted by molar-refractivity contribution is -0.122. The first kappa shape index (κ1) is 14.9. The average molecular weight is 284 g/mol. The Bertz CT molecular complexity index is 626. The lowest BCUT2D eigenvalue weighted by Gasteiger charge is -2.18. The Balaban J connectivity index is 2.07. The summed E-state index contributed by atoms with van der Waals surface area (Å²) < 4.78 is 5.82. The third-order valence-electron chi connectivity index (χ3n) is 3.18. The summed E-state index contributed by atoms with van der Waals surface area (Å²) in [5.41, 5.74) is 8.00. The van der Waals surface area contributed by atoms with Gasteiger partial charge in [0.1, 0.15) is 5.75 Å². The first-order chi connectivity index (χ1) is 10.1. The summed E-state index contributed by atoms with van der Waals surface area (Å²) in [6.45, 7) is 3.87. The van der Waals surface area contributed by atoms with E-state index in [1.807, 2.05) is 38.1 Å². The number of rotatable bonds is 5. The van der Waals surface area contributed by atoms with Gasteiger partial charge in [0, 0.05) is 11.4 Å². The zero-order chi connectivity index (χ0) is 15.2. The largest absolute Gasteiger partial charge is 0.480 e. The third kappa shape index (κ3) is 3.99. The molecule has 2 aromatic rings. The van der Waals surface area contributed by atoms with Crippen molar-refractivity contribution in [3.8, 4) is 5.75 Å². The molecule has 0 spiro atoms. The first-order valence-corrected chi connectivity index (χ1v) is 6.99. The molecule has 0 aliphatic rings. The van der Waals surface area contributed by atoms with Crippen molar-refractivity contribution >= 4 is 17.3 Å². The smallest absolute Gasteiger partial charge is 0.265 e. The maximum absolute atomic E-state index is 12.3. The Labute approximate surface area is 124 Å². The fourth-order valence-corrected chi connectivity index (χ4v) is 2.00. The van der Waals surface area contributed by atoms with Crippen molar-refractivity contribution in [2.45, 2.75) is 26.4 Å². The van der Waals surface area contributed by atoms with Crippen LogP contribution in [0.4, 0.5) is 11.4 Å². The number of anilines is 2. The van der Waals surface area contributed by atoms with Gasteiger partial charge < -0.3 is 15.8 Å². The van der Waals surface area contributed by atoms with E-state index >= 15 is 0 Å². The Kier molecular flexibility index (Phi) is 4.82. The van der Waals surface area contributed by atoms with Crippen LogP contribution in [0.1, 0.15) is 18.9 Å². The van der Waals surface area contributed by atoms with Crippen molar-refractivity contribution in [2.75, 3.05) is 11.1 Å². The van der Waals surface area contributed by atoms with Gasteiger partial charge in [0.2, 0.25) is 0 Å². The normalized spacial score (nSPS) is 11.7. The number of ether oxygens (including phenoxy) is 1. The number of hydrogen-bond donors (Lipinski definition) is 2. The highest BCUT2D eigenvalue weighted by molar-refractivity contribution is 5.94. The standard InChI is InChI=1S/C17H20N2O2/c1-3-15(21-16-10-5-4-7-12(16)2)17(20)19-14-9-6-8-13(18)11-14/h4-11,15H,3,18H2,1-2H3,(H,19,20)/t15-/m1/s1. The quantitative estimate of drug-likeness (QED) is 0.827. The molecule has 1 amide bonds. The molecule has 2 aromatic carbocycles. The number of hydrogen-bond acceptors (Lipinski definition) is 3. The van der Waals surface area contributed by atoms with Crippen LogP contribution in [-0.4, -0.2) is 12.0 Å². The molecule has 0 bridgehead atoms. The van der Waals surface area contributed by atoms with E-state index in [0.717, 1.165) is 11.3 Å². The molecule has 0 fully saturated rings. The fourth-order valence-electron chi connectivity index (χ4n) is 2.00. The van der Waals surface area contributed by atoms with Crippen LogP contribution in [-0.2, 0) is 4.79 Å². The molecule has 4 heteroatoms. The Morgan fingerprint density at radius 2 is 2.00 bits per heavy atom. The fraction of sp³-hybridized carbons (Fsp3) is 0.235. The van der Waals surface area contributed by atoms with Crippen LogP contribution in [0, 0.1) is 6.92 Å². The molecule has 1 atom stereocenters. The predicted molar refractivity (Wildman–Crippen MR) is 85.4 cm³/mol. The Hall–Kier alpha value is -2.49. The highest BCUT2D eigenvalue weighted by Gasteiger charge is 2.19. The van der Waals surface area contributed by atoms with Crippen molar-refractivity contribution in [2.24, 2.45) is 0 Å². The number of nitrogens with one attached hydrogen (secondary N) is 1. The molecule has 0 radical (unpaired) electrons. The van der Waals surface area contributed by atoms with E-state index in [2.05, 4.69) is 5.32 Å². The number of aryl methyl sites for hydroxylation is 1. The van der Waals surface area contributed by atoms with Crippen LogP contribution in [0.3, 0.4) is 0 Å². The zero-order valence-corrected chi connectivity index (χ0v) is 12.3. The molecule has 0 heterocycles. The van der Waals surface area contributed by atoms with Crippen LogP contribution in [0.25, 0.3) is 0 Å². The van der Waals surface area contributed by atoms with Gasteiger partial charge in [-0.1, -0.05) is 31.2 Å². The predicted octanol–water partition coefficient (Wildman–Crippen LogP) is 3.37. The van der Waals surface area contributed by atoms with Crippen molar-refractivity contribution in [3.63, 3.8) is 0 Å². The van der Waals surface area contributed by atoms with Crippen molar-refractivity contribution in [1.29, 1.82) is 0 Å².